The third-order valence-corrected chi connectivity index (χ3v) is 2.34. The Morgan fingerprint density at radius 3 is 2.85 bits per heavy atom. The molecule has 0 unspecified atom stereocenters. The molecule has 0 bridgehead atoms. The molecule has 0 saturated carbocycles. The SMILES string of the molecule is Cc1cccc(C(=O)CCBr)c1N. The number of rotatable bonds is 3. The number of alkyl halides is 1. The van der Waals surface area contributed by atoms with E-state index in [-0.39, 0.29) is 5.78 Å². The Balaban J connectivity index is 3.01. The van der Waals surface area contributed by atoms with E-state index in [4.69, 9.17) is 5.73 Å². The first-order chi connectivity index (χ1) is 6.16. The van der Waals surface area contributed by atoms with Crippen molar-refractivity contribution in [2.45, 2.75) is 13.3 Å². The maximum atomic E-state index is 11.5. The molecule has 0 radical (unpaired) electrons. The van der Waals surface area contributed by atoms with Crippen LogP contribution < -0.4 is 5.73 Å². The number of Topliss-reactive ketones (excluding diaryl/α,β-unsaturated/α-hetero) is 1. The quantitative estimate of drug-likeness (QED) is 0.502. The lowest BCUT2D eigenvalue weighted by Crippen LogP contribution is -2.05. The highest BCUT2D eigenvalue weighted by molar-refractivity contribution is 9.09. The molecule has 2 N–H and O–H groups in total. The van der Waals surface area contributed by atoms with Crippen LogP contribution in [0, 0.1) is 6.92 Å². The van der Waals surface area contributed by atoms with E-state index in [0.717, 1.165) is 5.56 Å². The molecule has 0 atom stereocenters. The van der Waals surface area contributed by atoms with E-state index in [0.29, 0.717) is 23.0 Å². The summed E-state index contributed by atoms with van der Waals surface area (Å²) in [5.41, 5.74) is 7.98. The van der Waals surface area contributed by atoms with Gasteiger partial charge < -0.3 is 5.73 Å². The molecule has 0 aromatic heterocycles. The van der Waals surface area contributed by atoms with Crippen LogP contribution in [-0.2, 0) is 0 Å². The van der Waals surface area contributed by atoms with E-state index in [1.54, 1.807) is 6.07 Å². The molecule has 13 heavy (non-hydrogen) atoms. The van der Waals surface area contributed by atoms with Crippen molar-refractivity contribution in [3.8, 4) is 0 Å². The molecule has 1 aromatic rings. The number of aryl methyl sites for hydroxylation is 1. The Hall–Kier alpha value is -0.830. The van der Waals surface area contributed by atoms with E-state index in [1.807, 2.05) is 19.1 Å². The molecule has 1 aromatic carbocycles. The monoisotopic (exact) mass is 241 g/mol. The number of halogens is 1. The first-order valence-electron chi connectivity index (χ1n) is 4.11. The van der Waals surface area contributed by atoms with Crippen molar-refractivity contribution in [3.63, 3.8) is 0 Å². The molecule has 70 valence electrons. The van der Waals surface area contributed by atoms with Crippen LogP contribution in [0.4, 0.5) is 5.69 Å². The van der Waals surface area contributed by atoms with Crippen LogP contribution in [0.3, 0.4) is 0 Å². The molecule has 3 heteroatoms. The van der Waals surface area contributed by atoms with Crippen LogP contribution in [0.25, 0.3) is 0 Å². The minimum Gasteiger partial charge on any atom is -0.398 e. The standard InChI is InChI=1S/C10H12BrNO/c1-7-3-2-4-8(10(7)12)9(13)5-6-11/h2-4H,5-6,12H2,1H3. The van der Waals surface area contributed by atoms with E-state index >= 15 is 0 Å². The van der Waals surface area contributed by atoms with Gasteiger partial charge in [0.1, 0.15) is 0 Å². The van der Waals surface area contributed by atoms with Gasteiger partial charge in [0, 0.05) is 23.0 Å². The highest BCUT2D eigenvalue weighted by Gasteiger charge is 2.09. The van der Waals surface area contributed by atoms with Crippen molar-refractivity contribution >= 4 is 27.4 Å². The maximum absolute atomic E-state index is 11.5. The summed E-state index contributed by atoms with van der Waals surface area (Å²) in [6, 6.07) is 5.53. The number of carbonyl (C=O) groups excluding carboxylic acids is 1. The molecule has 2 nitrogen and oxygen atoms in total. The van der Waals surface area contributed by atoms with Crippen molar-refractivity contribution in [2.24, 2.45) is 0 Å². The fourth-order valence-corrected chi connectivity index (χ4v) is 1.50. The van der Waals surface area contributed by atoms with Crippen LogP contribution in [0.15, 0.2) is 18.2 Å². The molecule has 0 spiro atoms. The molecule has 0 saturated heterocycles. The predicted molar refractivity (Wildman–Crippen MR) is 58.3 cm³/mol. The van der Waals surface area contributed by atoms with Gasteiger partial charge in [-0.05, 0) is 18.6 Å². The smallest absolute Gasteiger partial charge is 0.165 e. The molecule has 0 amide bonds. The van der Waals surface area contributed by atoms with Crippen LogP contribution in [-0.4, -0.2) is 11.1 Å². The molecule has 1 rings (SSSR count). The first kappa shape index (κ1) is 10.3. The van der Waals surface area contributed by atoms with E-state index < -0.39 is 0 Å². The Bertz CT molecular complexity index is 323. The zero-order chi connectivity index (χ0) is 9.84. The average Bonchev–Trinajstić information content (AvgIpc) is 2.10. The highest BCUT2D eigenvalue weighted by atomic mass is 79.9. The van der Waals surface area contributed by atoms with Gasteiger partial charge in [-0.25, -0.2) is 0 Å². The third-order valence-electron chi connectivity index (χ3n) is 1.95. The topological polar surface area (TPSA) is 43.1 Å². The Morgan fingerprint density at radius 1 is 1.54 bits per heavy atom. The largest absolute Gasteiger partial charge is 0.398 e. The fraction of sp³-hybridized carbons (Fsp3) is 0.300. The number of carbonyl (C=O) groups is 1. The van der Waals surface area contributed by atoms with Gasteiger partial charge in [0.05, 0.1) is 0 Å². The first-order valence-corrected chi connectivity index (χ1v) is 5.23. The molecule has 0 aliphatic heterocycles. The van der Waals surface area contributed by atoms with Gasteiger partial charge >= 0.3 is 0 Å². The minimum absolute atomic E-state index is 0.0954. The van der Waals surface area contributed by atoms with Gasteiger partial charge in [-0.3, -0.25) is 4.79 Å². The van der Waals surface area contributed by atoms with E-state index in [9.17, 15) is 4.79 Å². The van der Waals surface area contributed by atoms with Crippen LogP contribution in [0.2, 0.25) is 0 Å². The summed E-state index contributed by atoms with van der Waals surface area (Å²) < 4.78 is 0. The summed E-state index contributed by atoms with van der Waals surface area (Å²) in [6.07, 6.45) is 0.494. The van der Waals surface area contributed by atoms with Gasteiger partial charge in [0.15, 0.2) is 5.78 Å². The zero-order valence-electron chi connectivity index (χ0n) is 7.51. The number of ketones is 1. The van der Waals surface area contributed by atoms with Crippen molar-refractivity contribution in [3.05, 3.63) is 29.3 Å². The summed E-state index contributed by atoms with van der Waals surface area (Å²) in [4.78, 5) is 11.5. The minimum atomic E-state index is 0.0954. The third kappa shape index (κ3) is 2.31. The van der Waals surface area contributed by atoms with Crippen molar-refractivity contribution in [1.82, 2.24) is 0 Å². The summed E-state index contributed by atoms with van der Waals surface area (Å²) in [5, 5.41) is 0.680. The van der Waals surface area contributed by atoms with Crippen LogP contribution in [0.5, 0.6) is 0 Å². The Kier molecular flexibility index (Phi) is 3.48. The van der Waals surface area contributed by atoms with Gasteiger partial charge in [-0.2, -0.15) is 0 Å². The Labute approximate surface area is 86.3 Å². The van der Waals surface area contributed by atoms with Gasteiger partial charge in [-0.1, -0.05) is 28.1 Å². The number of hydrogen-bond acceptors (Lipinski definition) is 2. The molecule has 0 aliphatic carbocycles. The number of para-hydroxylation sites is 1. The number of nitrogen functional groups attached to an aromatic ring is 1. The highest BCUT2D eigenvalue weighted by Crippen LogP contribution is 2.18. The van der Waals surface area contributed by atoms with Gasteiger partial charge in [0.25, 0.3) is 0 Å². The molecular weight excluding hydrogens is 230 g/mol. The molecular formula is C10H12BrNO. The van der Waals surface area contributed by atoms with E-state index in [1.165, 1.54) is 0 Å². The lowest BCUT2D eigenvalue weighted by atomic mass is 10.0. The lowest BCUT2D eigenvalue weighted by Gasteiger charge is -2.05. The van der Waals surface area contributed by atoms with Crippen LogP contribution >= 0.6 is 15.9 Å². The van der Waals surface area contributed by atoms with Crippen molar-refractivity contribution in [1.29, 1.82) is 0 Å². The van der Waals surface area contributed by atoms with Crippen LogP contribution in [0.1, 0.15) is 22.3 Å². The summed E-state index contributed by atoms with van der Waals surface area (Å²) >= 11 is 3.23. The van der Waals surface area contributed by atoms with Gasteiger partial charge in [-0.15, -0.1) is 0 Å². The predicted octanol–water partition coefficient (Wildman–Crippen LogP) is 2.54. The Morgan fingerprint density at radius 2 is 2.23 bits per heavy atom. The second-order valence-corrected chi connectivity index (χ2v) is 3.69. The number of anilines is 1. The normalized spacial score (nSPS) is 10.0. The maximum Gasteiger partial charge on any atom is 0.165 e. The second kappa shape index (κ2) is 4.42. The molecule has 0 aliphatic rings. The van der Waals surface area contributed by atoms with Gasteiger partial charge in [0.2, 0.25) is 0 Å². The summed E-state index contributed by atoms with van der Waals surface area (Å²) in [5.74, 6) is 0.0954. The summed E-state index contributed by atoms with van der Waals surface area (Å²) in [7, 11) is 0. The lowest BCUT2D eigenvalue weighted by molar-refractivity contribution is 0.0990. The van der Waals surface area contributed by atoms with Crippen molar-refractivity contribution in [2.75, 3.05) is 11.1 Å². The number of benzene rings is 1. The fourth-order valence-electron chi connectivity index (χ4n) is 1.14. The number of nitrogens with two attached hydrogens (primary N) is 1. The molecule has 0 fully saturated rings. The molecule has 0 heterocycles. The number of hydrogen-bond donors (Lipinski definition) is 1. The summed E-state index contributed by atoms with van der Waals surface area (Å²) in [6.45, 7) is 1.90. The zero-order valence-corrected chi connectivity index (χ0v) is 9.10. The second-order valence-electron chi connectivity index (χ2n) is 2.90. The average molecular weight is 242 g/mol. The van der Waals surface area contributed by atoms with Crippen molar-refractivity contribution < 1.29 is 4.79 Å². The van der Waals surface area contributed by atoms with E-state index in [2.05, 4.69) is 15.9 Å².